The lowest BCUT2D eigenvalue weighted by atomic mass is 10.2. The number of nitrogens with zero attached hydrogens (tertiary/aromatic N) is 1. The van der Waals surface area contributed by atoms with Crippen LogP contribution in [0.3, 0.4) is 0 Å². The van der Waals surface area contributed by atoms with Gasteiger partial charge in [-0.3, -0.25) is 4.79 Å². The maximum Gasteiger partial charge on any atom is 0.255 e. The number of aromatic nitrogens is 1. The first-order valence-corrected chi connectivity index (χ1v) is 11.4. The van der Waals surface area contributed by atoms with Gasteiger partial charge in [0.05, 0.1) is 22.6 Å². The quantitative estimate of drug-likeness (QED) is 0.615. The number of hydrogen-bond donors (Lipinski definition) is 1. The van der Waals surface area contributed by atoms with Gasteiger partial charge in [0, 0.05) is 11.3 Å². The van der Waals surface area contributed by atoms with Crippen LogP contribution in [0.15, 0.2) is 46.8 Å². The SMILES string of the molecule is CCOc1ccc(C(=O)Nc2ccc3nc(S(=O)(=O)CC(C)C)sc3c2)cc1. The van der Waals surface area contributed by atoms with E-state index in [0.717, 1.165) is 11.3 Å². The van der Waals surface area contributed by atoms with Crippen molar-refractivity contribution in [2.75, 3.05) is 17.7 Å². The number of ether oxygens (including phenoxy) is 1. The number of sulfone groups is 1. The molecule has 0 aliphatic rings. The standard InChI is InChI=1S/C20H22N2O4S2/c1-4-26-16-8-5-14(6-9-16)19(23)21-15-7-10-17-18(11-15)27-20(22-17)28(24,25)12-13(2)3/h5-11,13H,4,12H2,1-3H3,(H,21,23). The van der Waals surface area contributed by atoms with E-state index in [4.69, 9.17) is 4.74 Å². The zero-order chi connectivity index (χ0) is 20.3. The highest BCUT2D eigenvalue weighted by Gasteiger charge is 2.21. The fraction of sp³-hybridized carbons (Fsp3) is 0.300. The van der Waals surface area contributed by atoms with Crippen LogP contribution in [0, 0.1) is 5.92 Å². The molecule has 1 amide bonds. The summed E-state index contributed by atoms with van der Waals surface area (Å²) in [6, 6.07) is 12.1. The summed E-state index contributed by atoms with van der Waals surface area (Å²) in [5, 5.41) is 2.83. The molecule has 3 aromatic rings. The Hall–Kier alpha value is -2.45. The fourth-order valence-corrected chi connectivity index (χ4v) is 5.67. The molecule has 0 radical (unpaired) electrons. The smallest absolute Gasteiger partial charge is 0.255 e. The van der Waals surface area contributed by atoms with Crippen LogP contribution in [0.2, 0.25) is 0 Å². The molecule has 0 aliphatic heterocycles. The zero-order valence-electron chi connectivity index (χ0n) is 15.9. The molecule has 3 rings (SSSR count). The van der Waals surface area contributed by atoms with Crippen molar-refractivity contribution in [1.29, 1.82) is 0 Å². The third-order valence-corrected chi connectivity index (χ3v) is 7.43. The Labute approximate surface area is 168 Å². The third-order valence-electron chi connectivity index (χ3n) is 3.87. The van der Waals surface area contributed by atoms with Crippen molar-refractivity contribution in [2.45, 2.75) is 25.1 Å². The topological polar surface area (TPSA) is 85.4 Å². The molecule has 2 aromatic carbocycles. The monoisotopic (exact) mass is 418 g/mol. The average Bonchev–Trinajstić information content (AvgIpc) is 3.06. The van der Waals surface area contributed by atoms with E-state index in [1.165, 1.54) is 0 Å². The molecule has 0 unspecified atom stereocenters. The van der Waals surface area contributed by atoms with Crippen LogP contribution < -0.4 is 10.1 Å². The molecule has 1 N–H and O–H groups in total. The van der Waals surface area contributed by atoms with Crippen LogP contribution in [-0.2, 0) is 9.84 Å². The lowest BCUT2D eigenvalue weighted by Gasteiger charge is -2.07. The van der Waals surface area contributed by atoms with Crippen LogP contribution in [0.4, 0.5) is 5.69 Å². The summed E-state index contributed by atoms with van der Waals surface area (Å²) >= 11 is 1.12. The van der Waals surface area contributed by atoms with Crippen LogP contribution in [0.1, 0.15) is 31.1 Å². The van der Waals surface area contributed by atoms with Crippen LogP contribution in [-0.4, -0.2) is 31.7 Å². The average molecular weight is 419 g/mol. The van der Waals surface area contributed by atoms with E-state index in [2.05, 4.69) is 10.3 Å². The fourth-order valence-electron chi connectivity index (χ4n) is 2.70. The number of fused-ring (bicyclic) bond motifs is 1. The van der Waals surface area contributed by atoms with Gasteiger partial charge in [-0.25, -0.2) is 13.4 Å². The number of amides is 1. The van der Waals surface area contributed by atoms with Gasteiger partial charge in [0.15, 0.2) is 0 Å². The summed E-state index contributed by atoms with van der Waals surface area (Å²) in [5.41, 5.74) is 1.70. The maximum absolute atomic E-state index is 12.4. The summed E-state index contributed by atoms with van der Waals surface area (Å²) in [6.07, 6.45) is 0. The second-order valence-electron chi connectivity index (χ2n) is 6.75. The first-order chi connectivity index (χ1) is 13.3. The highest BCUT2D eigenvalue weighted by Crippen LogP contribution is 2.29. The third kappa shape index (κ3) is 4.69. The molecular formula is C20H22N2O4S2. The van der Waals surface area contributed by atoms with Gasteiger partial charge in [0.25, 0.3) is 5.91 Å². The van der Waals surface area contributed by atoms with Gasteiger partial charge < -0.3 is 10.1 Å². The van der Waals surface area contributed by atoms with E-state index in [9.17, 15) is 13.2 Å². The number of nitrogens with one attached hydrogen (secondary N) is 1. The molecule has 6 nitrogen and oxygen atoms in total. The van der Waals surface area contributed by atoms with Crippen molar-refractivity contribution < 1.29 is 17.9 Å². The minimum Gasteiger partial charge on any atom is -0.494 e. The summed E-state index contributed by atoms with van der Waals surface area (Å²) in [7, 11) is -3.40. The molecule has 1 aromatic heterocycles. The molecule has 0 bridgehead atoms. The Balaban J connectivity index is 1.79. The first kappa shape index (κ1) is 20.3. The van der Waals surface area contributed by atoms with E-state index in [0.29, 0.717) is 33.8 Å². The van der Waals surface area contributed by atoms with Gasteiger partial charge in [-0.2, -0.15) is 0 Å². The number of rotatable bonds is 7. The first-order valence-electron chi connectivity index (χ1n) is 8.96. The Morgan fingerprint density at radius 3 is 2.54 bits per heavy atom. The Morgan fingerprint density at radius 2 is 1.89 bits per heavy atom. The predicted molar refractivity (Wildman–Crippen MR) is 112 cm³/mol. The molecule has 0 saturated carbocycles. The number of carbonyl (C=O) groups excluding carboxylic acids is 1. The summed E-state index contributed by atoms with van der Waals surface area (Å²) in [6.45, 7) is 6.18. The predicted octanol–water partition coefficient (Wildman–Crippen LogP) is 4.38. The summed E-state index contributed by atoms with van der Waals surface area (Å²) in [5.74, 6) is 0.551. The molecule has 0 saturated heterocycles. The zero-order valence-corrected chi connectivity index (χ0v) is 17.6. The molecule has 0 atom stereocenters. The van der Waals surface area contributed by atoms with Crippen molar-refractivity contribution in [2.24, 2.45) is 5.92 Å². The van der Waals surface area contributed by atoms with Crippen molar-refractivity contribution in [3.8, 4) is 5.75 Å². The molecule has 148 valence electrons. The van der Waals surface area contributed by atoms with Gasteiger partial charge in [-0.15, -0.1) is 11.3 Å². The molecule has 0 aliphatic carbocycles. The second-order valence-corrected chi connectivity index (χ2v) is 9.99. The van der Waals surface area contributed by atoms with Crippen LogP contribution in [0.25, 0.3) is 10.2 Å². The minimum atomic E-state index is -3.40. The van der Waals surface area contributed by atoms with E-state index < -0.39 is 9.84 Å². The van der Waals surface area contributed by atoms with E-state index >= 15 is 0 Å². The van der Waals surface area contributed by atoms with Crippen molar-refractivity contribution in [1.82, 2.24) is 4.98 Å². The maximum atomic E-state index is 12.4. The van der Waals surface area contributed by atoms with E-state index in [-0.39, 0.29) is 21.9 Å². The largest absolute Gasteiger partial charge is 0.494 e. The Bertz CT molecular complexity index is 1090. The van der Waals surface area contributed by atoms with Gasteiger partial charge in [0.2, 0.25) is 14.2 Å². The molecule has 8 heteroatoms. The Morgan fingerprint density at radius 1 is 1.18 bits per heavy atom. The Kier molecular flexibility index (Phi) is 6.00. The molecular weight excluding hydrogens is 396 g/mol. The molecule has 1 heterocycles. The highest BCUT2D eigenvalue weighted by atomic mass is 32.2. The van der Waals surface area contributed by atoms with E-state index in [1.807, 2.05) is 20.8 Å². The van der Waals surface area contributed by atoms with Crippen LogP contribution >= 0.6 is 11.3 Å². The normalized spacial score (nSPS) is 11.7. The highest BCUT2D eigenvalue weighted by molar-refractivity contribution is 7.93. The molecule has 0 spiro atoms. The number of hydrogen-bond acceptors (Lipinski definition) is 6. The van der Waals surface area contributed by atoms with Crippen molar-refractivity contribution >= 4 is 43.0 Å². The van der Waals surface area contributed by atoms with Crippen molar-refractivity contribution in [3.05, 3.63) is 48.0 Å². The lowest BCUT2D eigenvalue weighted by molar-refractivity contribution is 0.102. The summed E-state index contributed by atoms with van der Waals surface area (Å²) in [4.78, 5) is 16.7. The van der Waals surface area contributed by atoms with Crippen LogP contribution in [0.5, 0.6) is 5.75 Å². The number of benzene rings is 2. The molecule has 28 heavy (non-hydrogen) atoms. The van der Waals surface area contributed by atoms with Gasteiger partial charge >= 0.3 is 0 Å². The van der Waals surface area contributed by atoms with Gasteiger partial charge in [0.1, 0.15) is 5.75 Å². The van der Waals surface area contributed by atoms with Gasteiger partial charge in [-0.1, -0.05) is 13.8 Å². The lowest BCUT2D eigenvalue weighted by Crippen LogP contribution is -2.11. The van der Waals surface area contributed by atoms with Crippen molar-refractivity contribution in [3.63, 3.8) is 0 Å². The minimum absolute atomic E-state index is 0.0287. The number of carbonyl (C=O) groups is 1. The van der Waals surface area contributed by atoms with E-state index in [1.54, 1.807) is 42.5 Å². The van der Waals surface area contributed by atoms with Gasteiger partial charge in [-0.05, 0) is 55.3 Å². The molecule has 0 fully saturated rings. The number of thiazole rings is 1. The number of anilines is 1. The summed E-state index contributed by atoms with van der Waals surface area (Å²) < 4.78 is 31.0. The second kappa shape index (κ2) is 8.28.